The highest BCUT2D eigenvalue weighted by Gasteiger charge is 2.24. The molecule has 1 aliphatic carbocycles. The summed E-state index contributed by atoms with van der Waals surface area (Å²) in [5.41, 5.74) is 2.72. The molecule has 0 aromatic carbocycles. The maximum absolute atomic E-state index is 12.7. The Hall–Kier alpha value is -2.48. The van der Waals surface area contributed by atoms with E-state index in [4.69, 9.17) is 9.26 Å². The number of ether oxygens (including phenoxy) is 1. The average Bonchev–Trinajstić information content (AvgIpc) is 3.19. The van der Waals surface area contributed by atoms with Gasteiger partial charge in [0.2, 0.25) is 0 Å². The molecule has 1 N–H and O–H groups in total. The predicted molar refractivity (Wildman–Crippen MR) is 110 cm³/mol. The van der Waals surface area contributed by atoms with Gasteiger partial charge in [0.25, 0.3) is 5.56 Å². The fraction of sp³-hybridized carbons (Fsp3) is 0.524. The van der Waals surface area contributed by atoms with Crippen LogP contribution in [0, 0.1) is 19.8 Å². The Morgan fingerprint density at radius 2 is 2.21 bits per heavy atom. The molecular formula is C21H25N3O4S. The quantitative estimate of drug-likeness (QED) is 0.634. The van der Waals surface area contributed by atoms with E-state index in [0.29, 0.717) is 23.5 Å². The van der Waals surface area contributed by atoms with E-state index < -0.39 is 6.10 Å². The number of rotatable bonds is 5. The molecule has 0 aliphatic heterocycles. The van der Waals surface area contributed by atoms with Crippen LogP contribution in [0.5, 0.6) is 0 Å². The zero-order chi connectivity index (χ0) is 20.7. The Kier molecular flexibility index (Phi) is 5.29. The standard InChI is InChI=1S/C21H25N3O4S/c1-10-5-6-15-16(9-10)29-21-18(15)20(26)22-19(23-21)13(4)27-17(25)8-7-14-11(2)24-28-12(14)3/h10,13H,5-9H2,1-4H3,(H,22,23,26)/t10-,13+/m0/s1. The van der Waals surface area contributed by atoms with E-state index in [1.807, 2.05) is 13.8 Å². The van der Waals surface area contributed by atoms with E-state index in [1.54, 1.807) is 18.3 Å². The Balaban J connectivity index is 1.49. The van der Waals surface area contributed by atoms with Crippen molar-refractivity contribution in [3.05, 3.63) is 43.6 Å². The van der Waals surface area contributed by atoms with Gasteiger partial charge in [-0.2, -0.15) is 0 Å². The first-order chi connectivity index (χ1) is 13.8. The summed E-state index contributed by atoms with van der Waals surface area (Å²) >= 11 is 1.59. The van der Waals surface area contributed by atoms with E-state index in [0.717, 1.165) is 46.7 Å². The highest BCUT2D eigenvalue weighted by molar-refractivity contribution is 7.18. The molecule has 1 aliphatic rings. The minimum atomic E-state index is -0.623. The minimum Gasteiger partial charge on any atom is -0.454 e. The molecule has 3 aromatic rings. The van der Waals surface area contributed by atoms with Gasteiger partial charge in [0, 0.05) is 16.9 Å². The normalized spacial score (nSPS) is 17.3. The van der Waals surface area contributed by atoms with E-state index in [-0.39, 0.29) is 17.9 Å². The summed E-state index contributed by atoms with van der Waals surface area (Å²) < 4.78 is 10.6. The van der Waals surface area contributed by atoms with Crippen LogP contribution in [0.3, 0.4) is 0 Å². The second-order valence-electron chi connectivity index (χ2n) is 7.92. The molecule has 2 atom stereocenters. The van der Waals surface area contributed by atoms with Gasteiger partial charge in [0.05, 0.1) is 11.1 Å². The highest BCUT2D eigenvalue weighted by Crippen LogP contribution is 2.36. The molecule has 0 spiro atoms. The molecule has 0 saturated carbocycles. The number of H-pyrrole nitrogens is 1. The number of nitrogens with zero attached hydrogens (tertiary/aromatic N) is 2. The fourth-order valence-corrected chi connectivity index (χ4v) is 5.35. The number of aromatic amines is 1. The minimum absolute atomic E-state index is 0.143. The third-order valence-corrected chi connectivity index (χ3v) is 6.79. The Bertz CT molecular complexity index is 1110. The highest BCUT2D eigenvalue weighted by atomic mass is 32.1. The van der Waals surface area contributed by atoms with Crippen LogP contribution in [0.4, 0.5) is 0 Å². The molecular weight excluding hydrogens is 390 g/mol. The molecule has 0 unspecified atom stereocenters. The van der Waals surface area contributed by atoms with Crippen molar-refractivity contribution in [3.63, 3.8) is 0 Å². The van der Waals surface area contributed by atoms with E-state index >= 15 is 0 Å². The summed E-state index contributed by atoms with van der Waals surface area (Å²) in [6.07, 6.45) is 3.11. The van der Waals surface area contributed by atoms with Gasteiger partial charge in [0.15, 0.2) is 11.9 Å². The zero-order valence-corrected chi connectivity index (χ0v) is 17.9. The molecule has 0 fully saturated rings. The molecule has 3 heterocycles. The van der Waals surface area contributed by atoms with E-state index in [2.05, 4.69) is 22.0 Å². The first-order valence-electron chi connectivity index (χ1n) is 9.99. The smallest absolute Gasteiger partial charge is 0.306 e. The third-order valence-electron chi connectivity index (χ3n) is 5.64. The first-order valence-corrected chi connectivity index (χ1v) is 10.8. The topological polar surface area (TPSA) is 98.1 Å². The van der Waals surface area contributed by atoms with Crippen molar-refractivity contribution in [2.45, 2.75) is 65.9 Å². The predicted octanol–water partition coefficient (Wildman–Crippen LogP) is 3.95. The van der Waals surface area contributed by atoms with Gasteiger partial charge in [-0.3, -0.25) is 9.59 Å². The Morgan fingerprint density at radius 1 is 1.41 bits per heavy atom. The third kappa shape index (κ3) is 3.85. The summed E-state index contributed by atoms with van der Waals surface area (Å²) in [5.74, 6) is 1.39. The fourth-order valence-electron chi connectivity index (χ4n) is 3.96. The number of hydrogen-bond donors (Lipinski definition) is 1. The summed E-state index contributed by atoms with van der Waals surface area (Å²) in [4.78, 5) is 34.5. The first kappa shape index (κ1) is 19.8. The van der Waals surface area contributed by atoms with Crippen molar-refractivity contribution < 1.29 is 14.1 Å². The number of carbonyl (C=O) groups is 1. The number of aromatic nitrogens is 3. The molecule has 4 rings (SSSR count). The van der Waals surface area contributed by atoms with Crippen LogP contribution in [0.15, 0.2) is 9.32 Å². The lowest BCUT2D eigenvalue weighted by Gasteiger charge is -2.17. The average molecular weight is 416 g/mol. The molecule has 0 saturated heterocycles. The van der Waals surface area contributed by atoms with Crippen molar-refractivity contribution >= 4 is 27.5 Å². The number of esters is 1. The maximum Gasteiger partial charge on any atom is 0.306 e. The molecule has 7 nitrogen and oxygen atoms in total. The Morgan fingerprint density at radius 3 is 2.93 bits per heavy atom. The van der Waals surface area contributed by atoms with Crippen LogP contribution < -0.4 is 5.56 Å². The lowest BCUT2D eigenvalue weighted by Crippen LogP contribution is -2.18. The number of fused-ring (bicyclic) bond motifs is 3. The molecule has 0 bridgehead atoms. The number of thiophene rings is 1. The number of nitrogens with one attached hydrogen (secondary N) is 1. The lowest BCUT2D eigenvalue weighted by molar-refractivity contribution is -0.148. The summed E-state index contributed by atoms with van der Waals surface area (Å²) in [5, 5.41) is 4.60. The lowest BCUT2D eigenvalue weighted by atomic mass is 9.89. The molecule has 0 radical (unpaired) electrons. The van der Waals surface area contributed by atoms with E-state index in [1.165, 1.54) is 4.88 Å². The maximum atomic E-state index is 12.7. The van der Waals surface area contributed by atoms with Gasteiger partial charge in [-0.1, -0.05) is 12.1 Å². The van der Waals surface area contributed by atoms with Gasteiger partial charge < -0.3 is 14.2 Å². The Labute approximate surface area is 172 Å². The molecule has 29 heavy (non-hydrogen) atoms. The van der Waals surface area contributed by atoms with Gasteiger partial charge in [-0.05, 0) is 57.9 Å². The molecule has 0 amide bonds. The van der Waals surface area contributed by atoms with E-state index in [9.17, 15) is 9.59 Å². The summed E-state index contributed by atoms with van der Waals surface area (Å²) in [6, 6.07) is 0. The van der Waals surface area contributed by atoms with Crippen LogP contribution in [0.25, 0.3) is 10.2 Å². The monoisotopic (exact) mass is 415 g/mol. The number of carbonyl (C=O) groups excluding carboxylic acids is 1. The van der Waals surface area contributed by atoms with Gasteiger partial charge in [-0.25, -0.2) is 4.98 Å². The van der Waals surface area contributed by atoms with Crippen LogP contribution >= 0.6 is 11.3 Å². The second-order valence-corrected chi connectivity index (χ2v) is 9.00. The van der Waals surface area contributed by atoms with Crippen molar-refractivity contribution in [3.8, 4) is 0 Å². The molecule has 3 aromatic heterocycles. The SMILES string of the molecule is Cc1noc(C)c1CCC(=O)O[C@H](C)c1nc2sc3c(c2c(=O)[nH]1)CC[C@H](C)C3. The molecule has 154 valence electrons. The van der Waals surface area contributed by atoms with Crippen LogP contribution in [0.2, 0.25) is 0 Å². The number of aryl methyl sites for hydroxylation is 3. The molecule has 8 heteroatoms. The number of hydrogen-bond acceptors (Lipinski definition) is 7. The van der Waals surface area contributed by atoms with Crippen molar-refractivity contribution in [1.82, 2.24) is 15.1 Å². The zero-order valence-electron chi connectivity index (χ0n) is 17.1. The largest absolute Gasteiger partial charge is 0.454 e. The van der Waals surface area contributed by atoms with Crippen molar-refractivity contribution in [2.75, 3.05) is 0 Å². The summed E-state index contributed by atoms with van der Waals surface area (Å²) in [6.45, 7) is 7.65. The van der Waals surface area contributed by atoms with Crippen molar-refractivity contribution in [2.24, 2.45) is 5.92 Å². The van der Waals surface area contributed by atoms with Crippen LogP contribution in [-0.2, 0) is 28.8 Å². The van der Waals surface area contributed by atoms with Crippen molar-refractivity contribution in [1.29, 1.82) is 0 Å². The summed E-state index contributed by atoms with van der Waals surface area (Å²) in [7, 11) is 0. The van der Waals surface area contributed by atoms with Crippen LogP contribution in [0.1, 0.15) is 66.1 Å². The second kappa shape index (κ2) is 7.74. The van der Waals surface area contributed by atoms with Gasteiger partial charge in [0.1, 0.15) is 10.6 Å². The van der Waals surface area contributed by atoms with Gasteiger partial charge >= 0.3 is 5.97 Å². The van der Waals surface area contributed by atoms with Crippen LogP contribution in [-0.4, -0.2) is 21.1 Å². The van der Waals surface area contributed by atoms with Gasteiger partial charge in [-0.15, -0.1) is 11.3 Å².